The van der Waals surface area contributed by atoms with Crippen LogP contribution in [0.2, 0.25) is 0 Å². The van der Waals surface area contributed by atoms with Crippen molar-refractivity contribution in [2.24, 2.45) is 5.92 Å². The summed E-state index contributed by atoms with van der Waals surface area (Å²) in [7, 11) is 0. The maximum Gasteiger partial charge on any atom is 0.0456 e. The molecule has 2 nitrogen and oxygen atoms in total. The van der Waals surface area contributed by atoms with E-state index in [1.165, 1.54) is 48.0 Å². The van der Waals surface area contributed by atoms with E-state index in [1.807, 2.05) is 0 Å². The fraction of sp³-hybridized carbons (Fsp3) is 0.429. The first-order valence-electron chi connectivity index (χ1n) is 6.10. The van der Waals surface area contributed by atoms with E-state index >= 15 is 0 Å². The minimum Gasteiger partial charge on any atom is -0.361 e. The molecule has 1 atom stereocenters. The Kier molecular flexibility index (Phi) is 2.44. The predicted octanol–water partition coefficient (Wildman–Crippen LogP) is 2.63. The number of hydrogen-bond donors (Lipinski definition) is 2. The first-order chi connectivity index (χ1) is 7.83. The molecule has 0 radical (unpaired) electrons. The van der Waals surface area contributed by atoms with Crippen LogP contribution in [-0.4, -0.2) is 18.1 Å². The lowest BCUT2D eigenvalue weighted by atomic mass is 9.98. The summed E-state index contributed by atoms with van der Waals surface area (Å²) in [4.78, 5) is 3.37. The molecule has 2 aromatic rings. The molecule has 1 aromatic carbocycles. The third-order valence-corrected chi connectivity index (χ3v) is 3.59. The lowest BCUT2D eigenvalue weighted by Crippen LogP contribution is -2.10. The number of aryl methyl sites for hydroxylation is 1. The molecule has 1 aliphatic heterocycles. The van der Waals surface area contributed by atoms with Gasteiger partial charge >= 0.3 is 0 Å². The van der Waals surface area contributed by atoms with Crippen LogP contribution in [0.25, 0.3) is 10.9 Å². The van der Waals surface area contributed by atoms with Crippen molar-refractivity contribution in [3.05, 3.63) is 35.5 Å². The van der Waals surface area contributed by atoms with Crippen LogP contribution in [0.3, 0.4) is 0 Å². The molecule has 1 aliphatic rings. The number of aromatic nitrogens is 1. The summed E-state index contributed by atoms with van der Waals surface area (Å²) >= 11 is 0. The highest BCUT2D eigenvalue weighted by molar-refractivity contribution is 5.83. The van der Waals surface area contributed by atoms with Gasteiger partial charge in [0.15, 0.2) is 0 Å². The fourth-order valence-electron chi connectivity index (χ4n) is 2.66. The van der Waals surface area contributed by atoms with Gasteiger partial charge in [0.25, 0.3) is 0 Å². The van der Waals surface area contributed by atoms with Crippen molar-refractivity contribution in [2.45, 2.75) is 19.8 Å². The minimum absolute atomic E-state index is 0.819. The van der Waals surface area contributed by atoms with Crippen molar-refractivity contribution in [1.82, 2.24) is 10.3 Å². The van der Waals surface area contributed by atoms with E-state index in [-0.39, 0.29) is 0 Å². The van der Waals surface area contributed by atoms with E-state index in [9.17, 15) is 0 Å². The molecule has 0 bridgehead atoms. The Morgan fingerprint density at radius 3 is 3.12 bits per heavy atom. The molecule has 0 aliphatic carbocycles. The highest BCUT2D eigenvalue weighted by Gasteiger charge is 2.16. The van der Waals surface area contributed by atoms with Gasteiger partial charge in [0.2, 0.25) is 0 Å². The number of nitrogens with one attached hydrogen (secondary N) is 2. The van der Waals surface area contributed by atoms with Crippen molar-refractivity contribution < 1.29 is 0 Å². The molecule has 1 aromatic heterocycles. The number of H-pyrrole nitrogens is 1. The summed E-state index contributed by atoms with van der Waals surface area (Å²) in [5, 5.41) is 4.84. The molecular formula is C14H18N2. The summed E-state index contributed by atoms with van der Waals surface area (Å²) in [6.07, 6.45) is 4.71. The van der Waals surface area contributed by atoms with Crippen LogP contribution in [0.5, 0.6) is 0 Å². The van der Waals surface area contributed by atoms with E-state index < -0.39 is 0 Å². The minimum atomic E-state index is 0.819. The van der Waals surface area contributed by atoms with Crippen LogP contribution in [0.4, 0.5) is 0 Å². The summed E-state index contributed by atoms with van der Waals surface area (Å²) in [5.74, 6) is 0.819. The largest absolute Gasteiger partial charge is 0.361 e. The molecular weight excluding hydrogens is 196 g/mol. The number of rotatable bonds is 2. The van der Waals surface area contributed by atoms with E-state index in [2.05, 4.69) is 41.6 Å². The molecule has 1 saturated heterocycles. The average molecular weight is 214 g/mol. The molecule has 3 rings (SSSR count). The molecule has 2 heteroatoms. The van der Waals surface area contributed by atoms with E-state index in [4.69, 9.17) is 0 Å². The van der Waals surface area contributed by atoms with Crippen LogP contribution in [0.1, 0.15) is 17.5 Å². The maximum atomic E-state index is 3.43. The zero-order valence-electron chi connectivity index (χ0n) is 9.72. The highest BCUT2D eigenvalue weighted by Crippen LogP contribution is 2.24. The van der Waals surface area contributed by atoms with Gasteiger partial charge in [0.05, 0.1) is 0 Å². The van der Waals surface area contributed by atoms with Crippen LogP contribution in [0, 0.1) is 12.8 Å². The van der Waals surface area contributed by atoms with E-state index in [0.717, 1.165) is 5.92 Å². The predicted molar refractivity (Wildman–Crippen MR) is 67.7 cm³/mol. The fourth-order valence-corrected chi connectivity index (χ4v) is 2.66. The van der Waals surface area contributed by atoms with Crippen LogP contribution in [0.15, 0.2) is 24.4 Å². The lowest BCUT2D eigenvalue weighted by Gasteiger charge is -2.06. The monoisotopic (exact) mass is 214 g/mol. The Bertz CT molecular complexity index is 492. The second-order valence-electron chi connectivity index (χ2n) is 4.93. The second kappa shape index (κ2) is 3.95. The van der Waals surface area contributed by atoms with Gasteiger partial charge in [-0.3, -0.25) is 0 Å². The SMILES string of the molecule is Cc1ccc2[nH]cc(CC3CCNC3)c2c1. The average Bonchev–Trinajstić information content (AvgIpc) is 2.90. The Balaban J connectivity index is 1.93. The van der Waals surface area contributed by atoms with Crippen LogP contribution in [-0.2, 0) is 6.42 Å². The zero-order chi connectivity index (χ0) is 11.0. The zero-order valence-corrected chi connectivity index (χ0v) is 9.72. The summed E-state index contributed by atoms with van der Waals surface area (Å²) in [5.41, 5.74) is 4.09. The molecule has 1 unspecified atom stereocenters. The highest BCUT2D eigenvalue weighted by atomic mass is 14.9. The van der Waals surface area contributed by atoms with Crippen molar-refractivity contribution in [2.75, 3.05) is 13.1 Å². The van der Waals surface area contributed by atoms with E-state index in [1.54, 1.807) is 0 Å². The third kappa shape index (κ3) is 1.74. The molecule has 0 saturated carbocycles. The number of aromatic amines is 1. The van der Waals surface area contributed by atoms with Gasteiger partial charge < -0.3 is 10.3 Å². The third-order valence-electron chi connectivity index (χ3n) is 3.59. The Hall–Kier alpha value is -1.28. The summed E-state index contributed by atoms with van der Waals surface area (Å²) in [6.45, 7) is 4.53. The molecule has 2 N–H and O–H groups in total. The standard InChI is InChI=1S/C14H18N2/c1-10-2-3-14-13(6-10)12(9-16-14)7-11-4-5-15-8-11/h2-3,6,9,11,15-16H,4-5,7-8H2,1H3. The first kappa shape index (κ1) is 9.91. The smallest absolute Gasteiger partial charge is 0.0456 e. The lowest BCUT2D eigenvalue weighted by molar-refractivity contribution is 0.582. The van der Waals surface area contributed by atoms with Gasteiger partial charge in [-0.2, -0.15) is 0 Å². The summed E-state index contributed by atoms with van der Waals surface area (Å²) < 4.78 is 0. The Morgan fingerprint density at radius 2 is 2.31 bits per heavy atom. The Morgan fingerprint density at radius 1 is 1.38 bits per heavy atom. The van der Waals surface area contributed by atoms with Gasteiger partial charge in [-0.05, 0) is 56.5 Å². The topological polar surface area (TPSA) is 27.8 Å². The van der Waals surface area contributed by atoms with Gasteiger partial charge in [-0.15, -0.1) is 0 Å². The molecule has 1 fully saturated rings. The van der Waals surface area contributed by atoms with Gasteiger partial charge in [-0.25, -0.2) is 0 Å². The molecule has 2 heterocycles. The normalized spacial score (nSPS) is 20.7. The molecule has 84 valence electrons. The molecule has 0 spiro atoms. The van der Waals surface area contributed by atoms with Gasteiger partial charge in [0.1, 0.15) is 0 Å². The Labute approximate surface area is 96.1 Å². The molecule has 16 heavy (non-hydrogen) atoms. The second-order valence-corrected chi connectivity index (χ2v) is 4.93. The maximum absolute atomic E-state index is 3.43. The van der Waals surface area contributed by atoms with Gasteiger partial charge in [-0.1, -0.05) is 11.6 Å². The number of fused-ring (bicyclic) bond motifs is 1. The summed E-state index contributed by atoms with van der Waals surface area (Å²) in [6, 6.07) is 6.64. The van der Waals surface area contributed by atoms with Crippen molar-refractivity contribution >= 4 is 10.9 Å². The van der Waals surface area contributed by atoms with Crippen molar-refractivity contribution in [3.63, 3.8) is 0 Å². The van der Waals surface area contributed by atoms with Crippen molar-refractivity contribution in [1.29, 1.82) is 0 Å². The number of benzene rings is 1. The van der Waals surface area contributed by atoms with Gasteiger partial charge in [0, 0.05) is 17.1 Å². The van der Waals surface area contributed by atoms with Crippen LogP contribution >= 0.6 is 0 Å². The quantitative estimate of drug-likeness (QED) is 0.790. The first-order valence-corrected chi connectivity index (χ1v) is 6.10. The molecule has 0 amide bonds. The van der Waals surface area contributed by atoms with Crippen molar-refractivity contribution in [3.8, 4) is 0 Å². The number of hydrogen-bond acceptors (Lipinski definition) is 1. The van der Waals surface area contributed by atoms with E-state index in [0.29, 0.717) is 0 Å². The van der Waals surface area contributed by atoms with Crippen LogP contribution < -0.4 is 5.32 Å².